The number of carbonyl (C=O) groups excluding carboxylic acids is 2. The Morgan fingerprint density at radius 1 is 1.12 bits per heavy atom. The Morgan fingerprint density at radius 3 is 2.53 bits per heavy atom. The molecule has 4 rings (SSSR count). The van der Waals surface area contributed by atoms with Gasteiger partial charge >= 0.3 is 0 Å². The molecule has 0 unspecified atom stereocenters. The average Bonchev–Trinajstić information content (AvgIpc) is 3.40. The van der Waals surface area contributed by atoms with Gasteiger partial charge in [-0.2, -0.15) is 0 Å². The molecule has 1 atom stereocenters. The molecule has 0 radical (unpaired) electrons. The minimum Gasteiger partial charge on any atom is -0.503 e. The smallest absolute Gasteiger partial charge is 0.290 e. The minimum atomic E-state index is -0.847. The molecule has 1 N–H and O–H groups in total. The first-order chi connectivity index (χ1) is 16.4. The summed E-state index contributed by atoms with van der Waals surface area (Å²) in [5.41, 5.74) is 0.523. The van der Waals surface area contributed by atoms with Crippen molar-refractivity contribution in [3.63, 3.8) is 0 Å². The minimum absolute atomic E-state index is 0.0303. The largest absolute Gasteiger partial charge is 0.503 e. The first kappa shape index (κ1) is 23.8. The summed E-state index contributed by atoms with van der Waals surface area (Å²) in [5, 5.41) is 10.9. The number of aliphatic hydroxyl groups excluding tert-OH is 1. The van der Waals surface area contributed by atoms with Crippen molar-refractivity contribution in [2.75, 3.05) is 53.6 Å². The summed E-state index contributed by atoms with van der Waals surface area (Å²) in [6, 6.07) is 7.55. The Labute approximate surface area is 198 Å². The molecule has 1 saturated heterocycles. The first-order valence-corrected chi connectivity index (χ1v) is 11.3. The lowest BCUT2D eigenvalue weighted by Gasteiger charge is -2.30. The second-order valence-electron chi connectivity index (χ2n) is 8.32. The number of furan rings is 1. The average molecular weight is 471 g/mol. The van der Waals surface area contributed by atoms with Crippen LogP contribution < -0.4 is 9.47 Å². The van der Waals surface area contributed by atoms with Gasteiger partial charge in [0.15, 0.2) is 11.5 Å². The van der Waals surface area contributed by atoms with Crippen LogP contribution in [0.25, 0.3) is 0 Å². The molecule has 182 valence electrons. The zero-order valence-corrected chi connectivity index (χ0v) is 19.7. The quantitative estimate of drug-likeness (QED) is 0.559. The van der Waals surface area contributed by atoms with Crippen LogP contribution in [0.1, 0.15) is 34.3 Å². The molecule has 1 fully saturated rings. The van der Waals surface area contributed by atoms with Gasteiger partial charge in [0, 0.05) is 31.7 Å². The van der Waals surface area contributed by atoms with Crippen LogP contribution in [0.3, 0.4) is 0 Å². The van der Waals surface area contributed by atoms with Crippen molar-refractivity contribution in [2.24, 2.45) is 0 Å². The van der Waals surface area contributed by atoms with Crippen molar-refractivity contribution in [2.45, 2.75) is 19.4 Å². The van der Waals surface area contributed by atoms with E-state index in [9.17, 15) is 14.7 Å². The molecule has 2 aliphatic heterocycles. The number of nitrogens with zero attached hydrogens (tertiary/aromatic N) is 2. The normalized spacial score (nSPS) is 19.1. The van der Waals surface area contributed by atoms with Crippen LogP contribution >= 0.6 is 0 Å². The lowest BCUT2D eigenvalue weighted by atomic mass is 9.94. The summed E-state index contributed by atoms with van der Waals surface area (Å²) in [5.74, 6) is -0.0521. The van der Waals surface area contributed by atoms with Gasteiger partial charge in [-0.05, 0) is 43.7 Å². The van der Waals surface area contributed by atoms with Crippen molar-refractivity contribution >= 4 is 11.7 Å². The number of ketones is 1. The van der Waals surface area contributed by atoms with Crippen molar-refractivity contribution in [1.29, 1.82) is 0 Å². The molecule has 9 heteroatoms. The molecule has 0 aliphatic carbocycles. The number of amides is 1. The van der Waals surface area contributed by atoms with Crippen LogP contribution in [0.5, 0.6) is 11.5 Å². The van der Waals surface area contributed by atoms with E-state index in [0.29, 0.717) is 49.0 Å². The molecule has 9 nitrogen and oxygen atoms in total. The summed E-state index contributed by atoms with van der Waals surface area (Å²) in [7, 11) is 3.06. The SMILES string of the molecule is COc1ccc(OC)c([C@H]2C(C(=O)c3ccc(C)o3)=C(O)C(=O)N2CCCN2CCOCC2)c1. The number of carbonyl (C=O) groups is 2. The lowest BCUT2D eigenvalue weighted by Crippen LogP contribution is -2.39. The highest BCUT2D eigenvalue weighted by atomic mass is 16.5. The van der Waals surface area contributed by atoms with Crippen LogP contribution in [-0.4, -0.2) is 80.2 Å². The Morgan fingerprint density at radius 2 is 1.88 bits per heavy atom. The monoisotopic (exact) mass is 470 g/mol. The van der Waals surface area contributed by atoms with E-state index in [4.69, 9.17) is 18.6 Å². The number of Topliss-reactive ketones (excluding diaryl/α,β-unsaturated/α-hetero) is 1. The predicted octanol–water partition coefficient (Wildman–Crippen LogP) is 2.91. The zero-order valence-electron chi connectivity index (χ0n) is 19.7. The molecule has 2 aromatic rings. The number of aliphatic hydroxyl groups is 1. The van der Waals surface area contributed by atoms with E-state index in [1.165, 1.54) is 19.1 Å². The Bertz CT molecular complexity index is 1080. The summed E-state index contributed by atoms with van der Waals surface area (Å²) >= 11 is 0. The molecule has 1 amide bonds. The van der Waals surface area contributed by atoms with E-state index in [1.54, 1.807) is 37.3 Å². The van der Waals surface area contributed by atoms with Crippen molar-refractivity contribution in [3.8, 4) is 11.5 Å². The van der Waals surface area contributed by atoms with Gasteiger partial charge in [-0.3, -0.25) is 14.5 Å². The summed E-state index contributed by atoms with van der Waals surface area (Å²) in [4.78, 5) is 30.4. The topological polar surface area (TPSA) is 102 Å². The highest BCUT2D eigenvalue weighted by Gasteiger charge is 2.45. The summed E-state index contributed by atoms with van der Waals surface area (Å²) < 4.78 is 21.9. The fourth-order valence-electron chi connectivity index (χ4n) is 4.47. The fourth-order valence-corrected chi connectivity index (χ4v) is 4.47. The number of methoxy groups -OCH3 is 2. The molecule has 34 heavy (non-hydrogen) atoms. The molecule has 3 heterocycles. The fraction of sp³-hybridized carbons (Fsp3) is 0.440. The number of hydrogen-bond donors (Lipinski definition) is 1. The third-order valence-corrected chi connectivity index (χ3v) is 6.22. The molecule has 0 spiro atoms. The molecule has 1 aromatic carbocycles. The number of morpholine rings is 1. The second-order valence-corrected chi connectivity index (χ2v) is 8.32. The zero-order chi connectivity index (χ0) is 24.2. The maximum Gasteiger partial charge on any atom is 0.290 e. The van der Waals surface area contributed by atoms with E-state index < -0.39 is 23.5 Å². The highest BCUT2D eigenvalue weighted by molar-refractivity contribution is 6.15. The molecule has 2 aliphatic rings. The lowest BCUT2D eigenvalue weighted by molar-refractivity contribution is -0.129. The molecule has 0 bridgehead atoms. The Kier molecular flexibility index (Phi) is 7.23. The van der Waals surface area contributed by atoms with Gasteiger partial charge in [-0.1, -0.05) is 0 Å². The number of rotatable bonds is 9. The summed E-state index contributed by atoms with van der Waals surface area (Å²) in [6.07, 6.45) is 0.670. The second kappa shape index (κ2) is 10.3. The van der Waals surface area contributed by atoms with Gasteiger partial charge in [-0.25, -0.2) is 0 Å². The van der Waals surface area contributed by atoms with Gasteiger partial charge in [0.05, 0.1) is 39.0 Å². The van der Waals surface area contributed by atoms with E-state index >= 15 is 0 Å². The van der Waals surface area contributed by atoms with E-state index in [2.05, 4.69) is 4.90 Å². The molecular formula is C25H30N2O7. The van der Waals surface area contributed by atoms with E-state index in [1.807, 2.05) is 0 Å². The van der Waals surface area contributed by atoms with E-state index in [-0.39, 0.29) is 11.3 Å². The van der Waals surface area contributed by atoms with Gasteiger partial charge in [0.2, 0.25) is 5.78 Å². The summed E-state index contributed by atoms with van der Waals surface area (Å²) in [6.45, 7) is 5.91. The first-order valence-electron chi connectivity index (χ1n) is 11.3. The van der Waals surface area contributed by atoms with E-state index in [0.717, 1.165) is 19.6 Å². The molecule has 0 saturated carbocycles. The maximum atomic E-state index is 13.4. The van der Waals surface area contributed by atoms with Crippen LogP contribution in [0.2, 0.25) is 0 Å². The van der Waals surface area contributed by atoms with Crippen molar-refractivity contribution in [3.05, 3.63) is 58.7 Å². The van der Waals surface area contributed by atoms with Gasteiger partial charge in [0.1, 0.15) is 17.3 Å². The molecule has 1 aromatic heterocycles. The third kappa shape index (κ3) is 4.67. The number of ether oxygens (including phenoxy) is 3. The van der Waals surface area contributed by atoms with Crippen molar-refractivity contribution in [1.82, 2.24) is 9.80 Å². The van der Waals surface area contributed by atoms with Gasteiger partial charge in [0.25, 0.3) is 5.91 Å². The van der Waals surface area contributed by atoms with Gasteiger partial charge < -0.3 is 28.6 Å². The van der Waals surface area contributed by atoms with Crippen LogP contribution in [0.4, 0.5) is 0 Å². The van der Waals surface area contributed by atoms with Crippen molar-refractivity contribution < 1.29 is 33.3 Å². The maximum absolute atomic E-state index is 13.4. The predicted molar refractivity (Wildman–Crippen MR) is 123 cm³/mol. The van der Waals surface area contributed by atoms with Crippen LogP contribution in [-0.2, 0) is 9.53 Å². The highest BCUT2D eigenvalue weighted by Crippen LogP contribution is 2.43. The number of benzene rings is 1. The van der Waals surface area contributed by atoms with Crippen LogP contribution in [0, 0.1) is 6.92 Å². The van der Waals surface area contributed by atoms with Crippen LogP contribution in [0.15, 0.2) is 46.1 Å². The number of aryl methyl sites for hydroxylation is 1. The molecular weight excluding hydrogens is 440 g/mol. The standard InChI is InChI=1S/C25H30N2O7/c1-16-5-7-20(34-16)23(28)21-22(18-15-17(31-2)6-8-19(18)32-3)27(25(30)24(21)29)10-4-9-26-11-13-33-14-12-26/h5-8,15,22,29H,4,9-14H2,1-3H3/t22-/m0/s1. The Hall–Kier alpha value is -3.30. The Balaban J connectivity index is 1.69. The third-order valence-electron chi connectivity index (χ3n) is 6.22. The van der Waals surface area contributed by atoms with Gasteiger partial charge in [-0.15, -0.1) is 0 Å². The number of hydrogen-bond acceptors (Lipinski definition) is 8.